The summed E-state index contributed by atoms with van der Waals surface area (Å²) in [6.45, 7) is 0. The van der Waals surface area contributed by atoms with Crippen molar-refractivity contribution in [3.63, 3.8) is 0 Å². The number of aliphatic imine (C=N–C) groups is 1. The molecule has 1 spiro atoms. The van der Waals surface area contributed by atoms with Gasteiger partial charge >= 0.3 is 0 Å². The number of carbonyl (C=O) groups excluding carboxylic acids is 1. The number of benzene rings is 2. The van der Waals surface area contributed by atoms with E-state index in [1.807, 2.05) is 24.3 Å². The summed E-state index contributed by atoms with van der Waals surface area (Å²) in [4.78, 5) is 20.7. The van der Waals surface area contributed by atoms with E-state index in [-0.39, 0.29) is 5.91 Å². The third-order valence-corrected chi connectivity index (χ3v) is 6.08. The van der Waals surface area contributed by atoms with Crippen molar-refractivity contribution in [1.29, 1.82) is 0 Å². The van der Waals surface area contributed by atoms with Crippen LogP contribution in [0.2, 0.25) is 5.02 Å². The lowest BCUT2D eigenvalue weighted by Crippen LogP contribution is -2.50. The molecule has 0 aromatic heterocycles. The van der Waals surface area contributed by atoms with Crippen LogP contribution in [-0.2, 0) is 0 Å². The first kappa shape index (κ1) is 19.1. The number of halogens is 1. The maximum Gasteiger partial charge on any atom is 0.260 e. The summed E-state index contributed by atoms with van der Waals surface area (Å²) in [5, 5.41) is 0.600. The molecule has 0 bridgehead atoms. The number of rotatable bonds is 3. The van der Waals surface area contributed by atoms with Crippen molar-refractivity contribution < 1.29 is 9.53 Å². The van der Waals surface area contributed by atoms with Gasteiger partial charge in [0.15, 0.2) is 0 Å². The smallest absolute Gasteiger partial charge is 0.260 e. The van der Waals surface area contributed by atoms with Crippen LogP contribution in [0.4, 0.5) is 0 Å². The molecule has 1 fully saturated rings. The minimum absolute atomic E-state index is 0.115. The Morgan fingerprint density at radius 3 is 2.32 bits per heavy atom. The molecule has 0 N–H and O–H groups in total. The van der Waals surface area contributed by atoms with Crippen LogP contribution in [0.15, 0.2) is 53.5 Å². The van der Waals surface area contributed by atoms with Gasteiger partial charge in [-0.3, -0.25) is 14.7 Å². The molecule has 2 aromatic rings. The number of hydrogen-bond donors (Lipinski definition) is 0. The molecule has 1 aliphatic carbocycles. The van der Waals surface area contributed by atoms with Crippen LogP contribution in [0, 0.1) is 0 Å². The minimum atomic E-state index is -0.582. The Balaban J connectivity index is 1.74. The zero-order valence-corrected chi connectivity index (χ0v) is 17.2. The Labute approximate surface area is 175 Å². The van der Waals surface area contributed by atoms with Gasteiger partial charge in [0.1, 0.15) is 22.1 Å². The molecule has 1 saturated carbocycles. The summed E-state index contributed by atoms with van der Waals surface area (Å²) in [7, 11) is 1.64. The Kier molecular flexibility index (Phi) is 5.21. The highest BCUT2D eigenvalue weighted by Crippen LogP contribution is 2.41. The van der Waals surface area contributed by atoms with E-state index in [1.54, 1.807) is 36.3 Å². The number of amides is 1. The molecule has 4 rings (SSSR count). The second-order valence-electron chi connectivity index (χ2n) is 7.18. The maximum absolute atomic E-state index is 13.4. The van der Waals surface area contributed by atoms with E-state index in [0.717, 1.165) is 43.4 Å². The summed E-state index contributed by atoms with van der Waals surface area (Å²) >= 11 is 11.8. The van der Waals surface area contributed by atoms with Crippen molar-refractivity contribution in [2.75, 3.05) is 7.11 Å². The van der Waals surface area contributed by atoms with E-state index in [2.05, 4.69) is 0 Å². The fourth-order valence-electron chi connectivity index (χ4n) is 3.99. The highest BCUT2D eigenvalue weighted by atomic mass is 35.5. The van der Waals surface area contributed by atoms with Crippen molar-refractivity contribution in [3.05, 3.63) is 64.7 Å². The second-order valence-corrected chi connectivity index (χ2v) is 8.01. The van der Waals surface area contributed by atoms with E-state index in [9.17, 15) is 4.79 Å². The van der Waals surface area contributed by atoms with Crippen LogP contribution in [0.25, 0.3) is 0 Å². The molecule has 6 heteroatoms. The molecule has 0 atom stereocenters. The average Bonchev–Trinajstić information content (AvgIpc) is 3.00. The molecule has 1 aliphatic heterocycles. The Bertz CT molecular complexity index is 932. The third kappa shape index (κ3) is 3.33. The number of carbonyl (C=O) groups is 1. The van der Waals surface area contributed by atoms with Gasteiger partial charge < -0.3 is 4.74 Å². The lowest BCUT2D eigenvalue weighted by Gasteiger charge is -2.38. The molecule has 2 aliphatic rings. The van der Waals surface area contributed by atoms with E-state index in [4.69, 9.17) is 33.5 Å². The molecule has 1 amide bonds. The van der Waals surface area contributed by atoms with Gasteiger partial charge in [-0.25, -0.2) is 0 Å². The van der Waals surface area contributed by atoms with Gasteiger partial charge in [0.25, 0.3) is 5.91 Å². The molecule has 144 valence electrons. The van der Waals surface area contributed by atoms with Gasteiger partial charge in [0.05, 0.1) is 7.11 Å². The first-order valence-electron chi connectivity index (χ1n) is 9.43. The fraction of sp³-hybridized carbons (Fsp3) is 0.318. The predicted octanol–water partition coefficient (Wildman–Crippen LogP) is 5.28. The largest absolute Gasteiger partial charge is 0.497 e. The maximum atomic E-state index is 13.4. The van der Waals surface area contributed by atoms with Crippen LogP contribution in [0.3, 0.4) is 0 Å². The Morgan fingerprint density at radius 1 is 1.07 bits per heavy atom. The van der Waals surface area contributed by atoms with Crippen LogP contribution in [-0.4, -0.2) is 34.3 Å². The van der Waals surface area contributed by atoms with Crippen molar-refractivity contribution in [3.8, 4) is 5.75 Å². The van der Waals surface area contributed by atoms with Crippen LogP contribution < -0.4 is 4.74 Å². The third-order valence-electron chi connectivity index (χ3n) is 5.45. The quantitative estimate of drug-likeness (QED) is 0.644. The van der Waals surface area contributed by atoms with Gasteiger partial charge in [-0.05, 0) is 74.2 Å². The van der Waals surface area contributed by atoms with Crippen molar-refractivity contribution in [1.82, 2.24) is 4.90 Å². The van der Waals surface area contributed by atoms with Crippen LogP contribution in [0.5, 0.6) is 5.75 Å². The molecular weight excluding hydrogens is 392 g/mol. The summed E-state index contributed by atoms with van der Waals surface area (Å²) < 4.78 is 5.25. The molecule has 4 nitrogen and oxygen atoms in total. The van der Waals surface area contributed by atoms with E-state index < -0.39 is 5.66 Å². The summed E-state index contributed by atoms with van der Waals surface area (Å²) in [5.41, 5.74) is 1.60. The van der Waals surface area contributed by atoms with E-state index in [1.165, 1.54) is 0 Å². The SMILES string of the molecule is COc1ccc(C2=NC3(CCCCC3)N(C(=O)c3ccc(Cl)cc3)C2=S)cc1. The van der Waals surface area contributed by atoms with Gasteiger partial charge in [-0.1, -0.05) is 30.2 Å². The van der Waals surface area contributed by atoms with Crippen LogP contribution >= 0.6 is 23.8 Å². The van der Waals surface area contributed by atoms with Gasteiger partial charge in [0, 0.05) is 16.1 Å². The zero-order chi connectivity index (χ0) is 19.7. The van der Waals surface area contributed by atoms with Crippen molar-refractivity contribution >= 4 is 40.4 Å². The highest BCUT2D eigenvalue weighted by Gasteiger charge is 2.48. The predicted molar refractivity (Wildman–Crippen MR) is 116 cm³/mol. The van der Waals surface area contributed by atoms with E-state index >= 15 is 0 Å². The molecule has 28 heavy (non-hydrogen) atoms. The van der Waals surface area contributed by atoms with Gasteiger partial charge in [-0.2, -0.15) is 0 Å². The van der Waals surface area contributed by atoms with Gasteiger partial charge in [-0.15, -0.1) is 0 Å². The molecule has 0 saturated heterocycles. The van der Waals surface area contributed by atoms with Crippen molar-refractivity contribution in [2.45, 2.75) is 37.8 Å². The average molecular weight is 413 g/mol. The fourth-order valence-corrected chi connectivity index (χ4v) is 4.54. The monoisotopic (exact) mass is 412 g/mol. The lowest BCUT2D eigenvalue weighted by atomic mass is 9.88. The Hall–Kier alpha value is -2.24. The number of hydrogen-bond acceptors (Lipinski definition) is 4. The standard InChI is InChI=1S/C22H21ClN2O2S/c1-27-18-11-7-15(8-12-18)19-21(28)25(22(24-19)13-3-2-4-14-22)20(26)16-5-9-17(23)10-6-16/h5-12H,2-4,13-14H2,1H3. The van der Waals surface area contributed by atoms with Crippen LogP contribution in [0.1, 0.15) is 48.0 Å². The van der Waals surface area contributed by atoms with E-state index in [0.29, 0.717) is 21.3 Å². The first-order valence-corrected chi connectivity index (χ1v) is 10.2. The molecule has 0 unspecified atom stereocenters. The molecule has 2 aromatic carbocycles. The molecular formula is C22H21ClN2O2S. The van der Waals surface area contributed by atoms with Gasteiger partial charge in [0.2, 0.25) is 0 Å². The zero-order valence-electron chi connectivity index (χ0n) is 15.7. The Morgan fingerprint density at radius 2 is 1.71 bits per heavy atom. The summed E-state index contributed by atoms with van der Waals surface area (Å²) in [6, 6.07) is 14.6. The molecule has 0 radical (unpaired) electrons. The summed E-state index contributed by atoms with van der Waals surface area (Å²) in [5.74, 6) is 0.658. The highest BCUT2D eigenvalue weighted by molar-refractivity contribution is 7.82. The first-order chi connectivity index (χ1) is 13.5. The number of methoxy groups -OCH3 is 1. The normalized spacial score (nSPS) is 18.3. The summed E-state index contributed by atoms with van der Waals surface area (Å²) in [6.07, 6.45) is 4.88. The topological polar surface area (TPSA) is 41.9 Å². The number of thiocarbonyl (C=S) groups is 1. The number of nitrogens with zero attached hydrogens (tertiary/aromatic N) is 2. The number of ether oxygens (including phenoxy) is 1. The van der Waals surface area contributed by atoms with Crippen molar-refractivity contribution in [2.24, 2.45) is 4.99 Å². The minimum Gasteiger partial charge on any atom is -0.497 e. The molecule has 1 heterocycles. The second kappa shape index (κ2) is 7.64. The lowest BCUT2D eigenvalue weighted by molar-refractivity contribution is 0.0648.